The van der Waals surface area contributed by atoms with Gasteiger partial charge in [0.25, 0.3) is 0 Å². The monoisotopic (exact) mass is 272 g/mol. The van der Waals surface area contributed by atoms with Gasteiger partial charge in [0, 0.05) is 19.3 Å². The summed E-state index contributed by atoms with van der Waals surface area (Å²) >= 11 is 3.27. The van der Waals surface area contributed by atoms with Crippen LogP contribution in [0.15, 0.2) is 10.8 Å². The number of nitrogen functional groups attached to an aromatic ring is 1. The molecule has 1 aromatic rings. The molecule has 0 aromatic carbocycles. The second kappa shape index (κ2) is 4.76. The molecule has 15 heavy (non-hydrogen) atoms. The molecule has 0 radical (unpaired) electrons. The van der Waals surface area contributed by atoms with E-state index in [-0.39, 0.29) is 0 Å². The molecule has 1 aromatic heterocycles. The summed E-state index contributed by atoms with van der Waals surface area (Å²) in [6.45, 7) is 1.58. The van der Waals surface area contributed by atoms with Crippen LogP contribution in [0.4, 0.5) is 11.6 Å². The van der Waals surface area contributed by atoms with Crippen molar-refractivity contribution in [2.45, 2.75) is 18.9 Å². The Morgan fingerprint density at radius 2 is 2.20 bits per heavy atom. The maximum absolute atomic E-state index is 5.72. The maximum Gasteiger partial charge on any atom is 0.170 e. The van der Waals surface area contributed by atoms with Crippen LogP contribution in [-0.2, 0) is 4.74 Å². The molecule has 82 valence electrons. The molecule has 0 atom stereocenters. The Kier molecular flexibility index (Phi) is 3.37. The summed E-state index contributed by atoms with van der Waals surface area (Å²) in [5, 5.41) is 3.28. The Morgan fingerprint density at radius 3 is 2.93 bits per heavy atom. The summed E-state index contributed by atoms with van der Waals surface area (Å²) in [5.74, 6) is 1.08. The molecule has 1 saturated heterocycles. The normalized spacial score (nSPS) is 17.7. The fraction of sp³-hybridized carbons (Fsp3) is 0.556. The number of hydrogen-bond acceptors (Lipinski definition) is 5. The fourth-order valence-electron chi connectivity index (χ4n) is 1.52. The summed E-state index contributed by atoms with van der Waals surface area (Å²) in [4.78, 5) is 8.26. The lowest BCUT2D eigenvalue weighted by molar-refractivity contribution is 0.0904. The minimum absolute atomic E-state index is 0.379. The highest BCUT2D eigenvalue weighted by Crippen LogP contribution is 2.19. The predicted molar refractivity (Wildman–Crippen MR) is 61.6 cm³/mol. The van der Waals surface area contributed by atoms with E-state index in [2.05, 4.69) is 31.2 Å². The van der Waals surface area contributed by atoms with E-state index in [1.54, 1.807) is 6.20 Å². The van der Waals surface area contributed by atoms with E-state index >= 15 is 0 Å². The lowest BCUT2D eigenvalue weighted by atomic mass is 10.1. The van der Waals surface area contributed by atoms with Crippen molar-refractivity contribution >= 4 is 27.6 Å². The molecule has 3 N–H and O–H groups in total. The SMILES string of the molecule is Nc1ncc(Br)nc1NC1CCOCC1. The van der Waals surface area contributed by atoms with Crippen molar-refractivity contribution in [3.63, 3.8) is 0 Å². The maximum atomic E-state index is 5.72. The number of nitrogens with one attached hydrogen (secondary N) is 1. The molecule has 1 aliphatic rings. The second-order valence-electron chi connectivity index (χ2n) is 3.46. The van der Waals surface area contributed by atoms with E-state index in [1.165, 1.54) is 0 Å². The average Bonchev–Trinajstić information content (AvgIpc) is 2.25. The zero-order chi connectivity index (χ0) is 10.7. The van der Waals surface area contributed by atoms with Gasteiger partial charge in [0.15, 0.2) is 11.6 Å². The van der Waals surface area contributed by atoms with Crippen molar-refractivity contribution in [1.82, 2.24) is 9.97 Å². The summed E-state index contributed by atoms with van der Waals surface area (Å²) in [7, 11) is 0. The van der Waals surface area contributed by atoms with Gasteiger partial charge in [-0.2, -0.15) is 0 Å². The van der Waals surface area contributed by atoms with Gasteiger partial charge in [0.05, 0.1) is 6.20 Å². The highest BCUT2D eigenvalue weighted by Gasteiger charge is 2.15. The summed E-state index contributed by atoms with van der Waals surface area (Å²) in [6, 6.07) is 0.379. The van der Waals surface area contributed by atoms with Crippen LogP contribution < -0.4 is 11.1 Å². The molecule has 0 saturated carbocycles. The molecule has 1 aliphatic heterocycles. The molecule has 0 amide bonds. The highest BCUT2D eigenvalue weighted by atomic mass is 79.9. The largest absolute Gasteiger partial charge is 0.381 e. The van der Waals surface area contributed by atoms with Crippen LogP contribution in [-0.4, -0.2) is 29.2 Å². The van der Waals surface area contributed by atoms with E-state index in [1.807, 2.05) is 0 Å². The third kappa shape index (κ3) is 2.79. The summed E-state index contributed by atoms with van der Waals surface area (Å²) in [6.07, 6.45) is 3.55. The molecule has 0 spiro atoms. The van der Waals surface area contributed by atoms with Crippen LogP contribution in [0.1, 0.15) is 12.8 Å². The van der Waals surface area contributed by atoms with Gasteiger partial charge in [-0.3, -0.25) is 0 Å². The Labute approximate surface area is 96.6 Å². The Balaban J connectivity index is 2.05. The molecule has 0 aliphatic carbocycles. The molecular weight excluding hydrogens is 260 g/mol. The number of aromatic nitrogens is 2. The van der Waals surface area contributed by atoms with Crippen LogP contribution in [0.3, 0.4) is 0 Å². The first-order chi connectivity index (χ1) is 7.25. The topological polar surface area (TPSA) is 73.1 Å². The average molecular weight is 273 g/mol. The van der Waals surface area contributed by atoms with Crippen molar-refractivity contribution in [1.29, 1.82) is 0 Å². The van der Waals surface area contributed by atoms with Gasteiger partial charge in [-0.1, -0.05) is 0 Å². The highest BCUT2D eigenvalue weighted by molar-refractivity contribution is 9.10. The molecule has 0 bridgehead atoms. The lowest BCUT2D eigenvalue weighted by Crippen LogP contribution is -2.28. The van der Waals surface area contributed by atoms with Gasteiger partial charge in [-0.05, 0) is 28.8 Å². The Morgan fingerprint density at radius 1 is 1.47 bits per heavy atom. The number of rotatable bonds is 2. The van der Waals surface area contributed by atoms with Crippen LogP contribution in [0, 0.1) is 0 Å². The molecule has 1 fully saturated rings. The van der Waals surface area contributed by atoms with Crippen molar-refractivity contribution in [2.75, 3.05) is 24.3 Å². The third-order valence-corrected chi connectivity index (χ3v) is 2.72. The van der Waals surface area contributed by atoms with Crippen LogP contribution in [0.2, 0.25) is 0 Å². The number of nitrogens with two attached hydrogens (primary N) is 1. The van der Waals surface area contributed by atoms with Gasteiger partial charge in [-0.15, -0.1) is 0 Å². The fourth-order valence-corrected chi connectivity index (χ4v) is 1.80. The minimum Gasteiger partial charge on any atom is -0.381 e. The van der Waals surface area contributed by atoms with Crippen molar-refractivity contribution in [3.05, 3.63) is 10.8 Å². The smallest absolute Gasteiger partial charge is 0.170 e. The number of ether oxygens (including phenoxy) is 1. The Hall–Kier alpha value is -0.880. The van der Waals surface area contributed by atoms with Gasteiger partial charge < -0.3 is 15.8 Å². The number of nitrogens with zero attached hydrogens (tertiary/aromatic N) is 2. The van der Waals surface area contributed by atoms with Crippen molar-refractivity contribution in [2.24, 2.45) is 0 Å². The van der Waals surface area contributed by atoms with Gasteiger partial charge >= 0.3 is 0 Å². The zero-order valence-corrected chi connectivity index (χ0v) is 9.83. The first kappa shape index (κ1) is 10.6. The minimum atomic E-state index is 0.379. The molecule has 2 heterocycles. The van der Waals surface area contributed by atoms with E-state index in [9.17, 15) is 0 Å². The Bertz CT molecular complexity index is 341. The van der Waals surface area contributed by atoms with E-state index < -0.39 is 0 Å². The molecule has 5 nitrogen and oxygen atoms in total. The van der Waals surface area contributed by atoms with Crippen molar-refractivity contribution < 1.29 is 4.74 Å². The number of anilines is 2. The predicted octanol–water partition coefficient (Wildman–Crippen LogP) is 1.41. The van der Waals surface area contributed by atoms with Crippen LogP contribution in [0.25, 0.3) is 0 Å². The van der Waals surface area contributed by atoms with Crippen LogP contribution >= 0.6 is 15.9 Å². The first-order valence-corrected chi connectivity index (χ1v) is 5.67. The lowest BCUT2D eigenvalue weighted by Gasteiger charge is -2.23. The molecule has 6 heteroatoms. The van der Waals surface area contributed by atoms with Crippen LogP contribution in [0.5, 0.6) is 0 Å². The second-order valence-corrected chi connectivity index (χ2v) is 4.27. The summed E-state index contributed by atoms with van der Waals surface area (Å²) < 4.78 is 5.96. The van der Waals surface area contributed by atoms with Gasteiger partial charge in [0.2, 0.25) is 0 Å². The van der Waals surface area contributed by atoms with Crippen molar-refractivity contribution in [3.8, 4) is 0 Å². The number of hydrogen-bond donors (Lipinski definition) is 2. The molecule has 2 rings (SSSR count). The third-order valence-electron chi connectivity index (χ3n) is 2.33. The summed E-state index contributed by atoms with van der Waals surface area (Å²) in [5.41, 5.74) is 5.72. The first-order valence-electron chi connectivity index (χ1n) is 4.88. The zero-order valence-electron chi connectivity index (χ0n) is 8.24. The van der Waals surface area contributed by atoms with Gasteiger partial charge in [0.1, 0.15) is 4.60 Å². The van der Waals surface area contributed by atoms with E-state index in [0.29, 0.717) is 22.3 Å². The number of halogens is 1. The molecular formula is C9H13BrN4O. The standard InChI is InChI=1S/C9H13BrN4O/c10-7-5-12-8(11)9(14-7)13-6-1-3-15-4-2-6/h5-6H,1-4H2,(H2,11,12)(H,13,14). The molecule has 0 unspecified atom stereocenters. The van der Waals surface area contributed by atoms with E-state index in [0.717, 1.165) is 26.1 Å². The van der Waals surface area contributed by atoms with E-state index in [4.69, 9.17) is 10.5 Å². The quantitative estimate of drug-likeness (QED) is 0.852. The van der Waals surface area contributed by atoms with Gasteiger partial charge in [-0.25, -0.2) is 9.97 Å².